The minimum absolute atomic E-state index is 0.0138. The zero-order valence-electron chi connectivity index (χ0n) is 20.1. The van der Waals surface area contributed by atoms with Gasteiger partial charge in [0.05, 0.1) is 15.3 Å². The van der Waals surface area contributed by atoms with E-state index in [9.17, 15) is 25.0 Å². The summed E-state index contributed by atoms with van der Waals surface area (Å²) in [7, 11) is 0. The van der Waals surface area contributed by atoms with Crippen LogP contribution in [0.25, 0.3) is 0 Å². The number of para-hydroxylation sites is 1. The van der Waals surface area contributed by atoms with E-state index in [-0.39, 0.29) is 29.2 Å². The van der Waals surface area contributed by atoms with Crippen LogP contribution in [0, 0.1) is 20.2 Å². The molecule has 194 valence electrons. The van der Waals surface area contributed by atoms with Crippen LogP contribution >= 0.6 is 15.9 Å². The molecule has 0 unspecified atom stereocenters. The highest BCUT2D eigenvalue weighted by Crippen LogP contribution is 2.58. The van der Waals surface area contributed by atoms with E-state index in [0.29, 0.717) is 33.6 Å². The number of nitrogens with zero attached hydrogens (tertiary/aromatic N) is 3. The number of nitro groups is 2. The van der Waals surface area contributed by atoms with Gasteiger partial charge in [-0.15, -0.1) is 0 Å². The van der Waals surface area contributed by atoms with E-state index >= 15 is 0 Å². The Morgan fingerprint density at radius 1 is 1.08 bits per heavy atom. The van der Waals surface area contributed by atoms with Gasteiger partial charge >= 0.3 is 0 Å². The fourth-order valence-corrected chi connectivity index (χ4v) is 7.05. The van der Waals surface area contributed by atoms with Gasteiger partial charge in [-0.2, -0.15) is 0 Å². The van der Waals surface area contributed by atoms with E-state index in [1.165, 1.54) is 12.1 Å². The van der Waals surface area contributed by atoms with Gasteiger partial charge in [0.25, 0.3) is 17.6 Å². The van der Waals surface area contributed by atoms with Crippen molar-refractivity contribution in [2.24, 2.45) is 0 Å². The molecule has 38 heavy (non-hydrogen) atoms. The lowest BCUT2D eigenvalue weighted by molar-refractivity contribution is -0.534. The number of hydrogen-bond donors (Lipinski definition) is 1. The zero-order chi connectivity index (χ0) is 26.6. The van der Waals surface area contributed by atoms with Gasteiger partial charge in [0, 0.05) is 40.9 Å². The number of ether oxygens (including phenoxy) is 1. The van der Waals surface area contributed by atoms with E-state index in [1.54, 1.807) is 24.3 Å². The summed E-state index contributed by atoms with van der Waals surface area (Å²) in [6.45, 7) is 0.732. The number of nitrogens with one attached hydrogen (secondary N) is 1. The van der Waals surface area contributed by atoms with Crippen LogP contribution in [0.1, 0.15) is 35.4 Å². The normalized spacial score (nSPS) is 25.7. The Balaban J connectivity index is 1.35. The number of benzene rings is 3. The lowest BCUT2D eigenvalue weighted by atomic mass is 9.77. The number of fused-ring (bicyclic) bond motifs is 4. The number of hydrogen-bond acceptors (Lipinski definition) is 7. The molecule has 3 heterocycles. The smallest absolute Gasteiger partial charge is 0.269 e. The van der Waals surface area contributed by atoms with Crippen molar-refractivity contribution < 1.29 is 19.4 Å². The summed E-state index contributed by atoms with van der Waals surface area (Å²) in [6, 6.07) is 17.6. The van der Waals surface area contributed by atoms with Gasteiger partial charge in [0.1, 0.15) is 12.4 Å². The fourth-order valence-electron chi connectivity index (χ4n) is 6.54. The summed E-state index contributed by atoms with van der Waals surface area (Å²) >= 11 is 3.55. The summed E-state index contributed by atoms with van der Waals surface area (Å²) < 4.78 is 6.53. The van der Waals surface area contributed by atoms with E-state index in [0.717, 1.165) is 18.4 Å². The Labute approximate surface area is 226 Å². The molecule has 0 aliphatic carbocycles. The van der Waals surface area contributed by atoms with Crippen LogP contribution in [-0.2, 0) is 16.9 Å². The number of non-ortho nitro benzene ring substituents is 1. The van der Waals surface area contributed by atoms with Crippen LogP contribution in [0.5, 0.6) is 5.75 Å². The second-order valence-electron chi connectivity index (χ2n) is 9.83. The van der Waals surface area contributed by atoms with Crippen molar-refractivity contribution in [2.45, 2.75) is 43.0 Å². The Bertz CT molecular complexity index is 1480. The number of rotatable bonds is 6. The average molecular weight is 579 g/mol. The van der Waals surface area contributed by atoms with E-state index < -0.39 is 22.4 Å². The molecular weight excluding hydrogens is 556 g/mol. The number of halogens is 1. The van der Waals surface area contributed by atoms with Crippen LogP contribution in [0.2, 0.25) is 0 Å². The first kappa shape index (κ1) is 24.5. The molecule has 3 aliphatic heterocycles. The maximum Gasteiger partial charge on any atom is 0.269 e. The monoisotopic (exact) mass is 578 g/mol. The SMILES string of the molecule is O=C1Nc2ccccc2[C@]12[C@H]([N+](=O)[O-])[C@@H](c1ccc(OCc3cccc([N+](=O)[O-])c3)c(Br)c1)[C@H]1CCCN12. The van der Waals surface area contributed by atoms with Gasteiger partial charge in [-0.1, -0.05) is 36.4 Å². The molecule has 3 aromatic carbocycles. The van der Waals surface area contributed by atoms with Crippen LogP contribution in [0.15, 0.2) is 71.2 Å². The molecule has 10 nitrogen and oxygen atoms in total. The van der Waals surface area contributed by atoms with Gasteiger partial charge in [-0.3, -0.25) is 29.9 Å². The predicted molar refractivity (Wildman–Crippen MR) is 142 cm³/mol. The third kappa shape index (κ3) is 3.60. The number of carbonyl (C=O) groups excluding carboxylic acids is 1. The van der Waals surface area contributed by atoms with Crippen LogP contribution in [0.4, 0.5) is 11.4 Å². The maximum absolute atomic E-state index is 13.6. The molecule has 2 fully saturated rings. The third-order valence-corrected chi connectivity index (χ3v) is 8.57. The van der Waals surface area contributed by atoms with Gasteiger partial charge in [0.2, 0.25) is 0 Å². The quantitative estimate of drug-likeness (QED) is 0.322. The maximum atomic E-state index is 13.6. The van der Waals surface area contributed by atoms with Crippen molar-refractivity contribution in [1.82, 2.24) is 4.90 Å². The summed E-state index contributed by atoms with van der Waals surface area (Å²) in [6.07, 6.45) is 1.61. The molecule has 11 heteroatoms. The number of nitro benzene ring substituents is 1. The van der Waals surface area contributed by atoms with Gasteiger partial charge in [0.15, 0.2) is 5.54 Å². The van der Waals surface area contributed by atoms with Crippen LogP contribution in [0.3, 0.4) is 0 Å². The van der Waals surface area contributed by atoms with Crippen molar-refractivity contribution in [2.75, 3.05) is 11.9 Å². The molecule has 4 atom stereocenters. The first-order chi connectivity index (χ1) is 18.3. The van der Waals surface area contributed by atoms with Gasteiger partial charge in [-0.05, 0) is 58.1 Å². The molecular formula is C27H23BrN4O6. The molecule has 3 aliphatic rings. The van der Waals surface area contributed by atoms with E-state index in [4.69, 9.17) is 4.74 Å². The molecule has 0 radical (unpaired) electrons. The predicted octanol–water partition coefficient (Wildman–Crippen LogP) is 4.99. The summed E-state index contributed by atoms with van der Waals surface area (Å²) in [4.78, 5) is 38.7. The minimum atomic E-state index is -1.37. The summed E-state index contributed by atoms with van der Waals surface area (Å²) in [5.74, 6) is -0.338. The molecule has 3 aromatic rings. The summed E-state index contributed by atoms with van der Waals surface area (Å²) in [5.41, 5.74) is 1.32. The van der Waals surface area contributed by atoms with Crippen molar-refractivity contribution in [3.05, 3.63) is 108 Å². The van der Waals surface area contributed by atoms with Gasteiger partial charge < -0.3 is 10.1 Å². The zero-order valence-corrected chi connectivity index (χ0v) is 21.7. The molecule has 0 saturated carbocycles. The van der Waals surface area contributed by atoms with Crippen molar-refractivity contribution >= 4 is 33.2 Å². The second-order valence-corrected chi connectivity index (χ2v) is 10.7. The van der Waals surface area contributed by atoms with Crippen molar-refractivity contribution in [1.29, 1.82) is 0 Å². The summed E-state index contributed by atoms with van der Waals surface area (Å²) in [5, 5.41) is 26.7. The Morgan fingerprint density at radius 2 is 1.89 bits per heavy atom. The molecule has 1 spiro atoms. The van der Waals surface area contributed by atoms with Gasteiger partial charge in [-0.25, -0.2) is 0 Å². The first-order valence-electron chi connectivity index (χ1n) is 12.3. The molecule has 6 rings (SSSR count). The lowest BCUT2D eigenvalue weighted by Gasteiger charge is -2.32. The van der Waals surface area contributed by atoms with Crippen molar-refractivity contribution in [3.8, 4) is 5.75 Å². The lowest BCUT2D eigenvalue weighted by Crippen LogP contribution is -2.55. The number of carbonyl (C=O) groups is 1. The fraction of sp³-hybridized carbons (Fsp3) is 0.296. The highest BCUT2D eigenvalue weighted by atomic mass is 79.9. The Kier molecular flexibility index (Phi) is 5.92. The largest absolute Gasteiger partial charge is 0.488 e. The molecule has 2 saturated heterocycles. The van der Waals surface area contributed by atoms with Crippen LogP contribution in [-0.4, -0.2) is 39.3 Å². The van der Waals surface area contributed by atoms with Crippen molar-refractivity contribution in [3.63, 3.8) is 0 Å². The Morgan fingerprint density at radius 3 is 2.66 bits per heavy atom. The Hall–Kier alpha value is -3.83. The number of anilines is 1. The molecule has 1 N–H and O–H groups in total. The minimum Gasteiger partial charge on any atom is -0.488 e. The third-order valence-electron chi connectivity index (χ3n) is 7.95. The standard InChI is InChI=1S/C27H23BrN4O6/c28-20-14-17(10-11-23(20)38-15-16-5-3-6-18(13-16)31(34)35)24-22-9-4-12-30(22)27(25(24)32(36)37)19-7-1-2-8-21(19)29-26(27)33/h1-3,5-8,10-11,13-14,22,24-25H,4,9,12,15H2,(H,29,33)/t22-,24+,25-,27+/m1/s1. The molecule has 0 bridgehead atoms. The topological polar surface area (TPSA) is 128 Å². The molecule has 0 aromatic heterocycles. The average Bonchev–Trinajstić information content (AvgIpc) is 3.56. The molecule has 1 amide bonds. The second kappa shape index (κ2) is 9.17. The number of amides is 1. The van der Waals surface area contributed by atoms with E-state index in [1.807, 2.05) is 35.2 Å². The first-order valence-corrected chi connectivity index (χ1v) is 13.1. The van der Waals surface area contributed by atoms with E-state index in [2.05, 4.69) is 21.2 Å². The highest BCUT2D eigenvalue weighted by Gasteiger charge is 2.73. The highest BCUT2D eigenvalue weighted by molar-refractivity contribution is 9.10. The van der Waals surface area contributed by atoms with Crippen LogP contribution < -0.4 is 10.1 Å².